The Bertz CT molecular complexity index is 926. The van der Waals surface area contributed by atoms with E-state index >= 15 is 0 Å². The number of rotatable bonds is 7. The van der Waals surface area contributed by atoms with E-state index in [0.717, 1.165) is 11.1 Å². The molecule has 0 saturated carbocycles. The van der Waals surface area contributed by atoms with Crippen LogP contribution >= 0.6 is 11.6 Å². The monoisotopic (exact) mass is 397 g/mol. The number of hydrogen-bond donors (Lipinski definition) is 0. The number of ether oxygens (including phenoxy) is 1. The predicted octanol–water partition coefficient (Wildman–Crippen LogP) is 5.11. The number of amides is 1. The van der Waals surface area contributed by atoms with Crippen molar-refractivity contribution in [3.63, 3.8) is 0 Å². The molecule has 1 amide bonds. The third-order valence-electron chi connectivity index (χ3n) is 4.44. The maximum Gasteiger partial charge on any atom is 0.260 e. The van der Waals surface area contributed by atoms with E-state index in [0.29, 0.717) is 22.8 Å². The van der Waals surface area contributed by atoms with Crippen LogP contribution in [0.4, 0.5) is 4.39 Å². The Kier molecular flexibility index (Phi) is 6.66. The SMILES string of the molecule is CN(Cc1c(F)cccc1Cl)C(=O)COc1ccccc1Cc1ccccc1. The molecule has 3 nitrogen and oxygen atoms in total. The van der Waals surface area contributed by atoms with Crippen molar-refractivity contribution in [3.05, 3.63) is 100 Å². The lowest BCUT2D eigenvalue weighted by Gasteiger charge is -2.19. The molecule has 0 radical (unpaired) electrons. The largest absolute Gasteiger partial charge is 0.483 e. The average molecular weight is 398 g/mol. The molecule has 5 heteroatoms. The maximum atomic E-state index is 13.9. The Hall–Kier alpha value is -2.85. The van der Waals surface area contributed by atoms with Gasteiger partial charge in [-0.25, -0.2) is 4.39 Å². The second-order valence-corrected chi connectivity index (χ2v) is 6.92. The quantitative estimate of drug-likeness (QED) is 0.554. The highest BCUT2D eigenvalue weighted by Crippen LogP contribution is 2.22. The van der Waals surface area contributed by atoms with Gasteiger partial charge in [-0.3, -0.25) is 4.79 Å². The smallest absolute Gasteiger partial charge is 0.260 e. The second-order valence-electron chi connectivity index (χ2n) is 6.51. The van der Waals surface area contributed by atoms with Gasteiger partial charge in [-0.1, -0.05) is 66.2 Å². The molecular weight excluding hydrogens is 377 g/mol. The summed E-state index contributed by atoms with van der Waals surface area (Å²) in [5, 5.41) is 0.300. The molecule has 28 heavy (non-hydrogen) atoms. The van der Waals surface area contributed by atoms with Crippen LogP contribution in [0.3, 0.4) is 0 Å². The fourth-order valence-corrected chi connectivity index (χ4v) is 3.09. The molecule has 144 valence electrons. The highest BCUT2D eigenvalue weighted by atomic mass is 35.5. The van der Waals surface area contributed by atoms with Crippen molar-refractivity contribution in [3.8, 4) is 5.75 Å². The van der Waals surface area contributed by atoms with E-state index in [9.17, 15) is 9.18 Å². The van der Waals surface area contributed by atoms with Gasteiger partial charge >= 0.3 is 0 Å². The van der Waals surface area contributed by atoms with Crippen molar-refractivity contribution in [1.82, 2.24) is 4.90 Å². The lowest BCUT2D eigenvalue weighted by molar-refractivity contribution is -0.132. The summed E-state index contributed by atoms with van der Waals surface area (Å²) in [7, 11) is 1.60. The van der Waals surface area contributed by atoms with Gasteiger partial charge in [0.25, 0.3) is 5.91 Å². The molecule has 0 saturated heterocycles. The Labute approximate surface area is 169 Å². The van der Waals surface area contributed by atoms with Crippen LogP contribution in [0, 0.1) is 5.82 Å². The predicted molar refractivity (Wildman–Crippen MR) is 109 cm³/mol. The van der Waals surface area contributed by atoms with Crippen molar-refractivity contribution >= 4 is 17.5 Å². The first-order valence-electron chi connectivity index (χ1n) is 8.96. The van der Waals surface area contributed by atoms with Gasteiger partial charge in [-0.15, -0.1) is 0 Å². The molecule has 0 atom stereocenters. The first-order valence-corrected chi connectivity index (χ1v) is 9.34. The van der Waals surface area contributed by atoms with Crippen LogP contribution in [0.25, 0.3) is 0 Å². The molecule has 0 aromatic heterocycles. The molecule has 0 N–H and O–H groups in total. The summed E-state index contributed by atoms with van der Waals surface area (Å²) in [6.45, 7) is -0.0479. The number of likely N-dealkylation sites (N-methyl/N-ethyl adjacent to an activating group) is 1. The van der Waals surface area contributed by atoms with Crippen LogP contribution in [0.1, 0.15) is 16.7 Å². The normalized spacial score (nSPS) is 10.5. The summed E-state index contributed by atoms with van der Waals surface area (Å²) in [4.78, 5) is 13.9. The third kappa shape index (κ3) is 5.11. The van der Waals surface area contributed by atoms with Crippen molar-refractivity contribution in [2.75, 3.05) is 13.7 Å². The van der Waals surface area contributed by atoms with Gasteiger partial charge in [0, 0.05) is 30.6 Å². The minimum Gasteiger partial charge on any atom is -0.483 e. The van der Waals surface area contributed by atoms with Crippen LogP contribution in [0.5, 0.6) is 5.75 Å². The van der Waals surface area contributed by atoms with Crippen LogP contribution in [-0.4, -0.2) is 24.5 Å². The topological polar surface area (TPSA) is 29.5 Å². The maximum absolute atomic E-state index is 13.9. The highest BCUT2D eigenvalue weighted by molar-refractivity contribution is 6.31. The van der Waals surface area contributed by atoms with Gasteiger partial charge in [0.2, 0.25) is 0 Å². The Morgan fingerprint density at radius 2 is 1.71 bits per heavy atom. The zero-order valence-electron chi connectivity index (χ0n) is 15.6. The number of carbonyl (C=O) groups excluding carboxylic acids is 1. The fourth-order valence-electron chi connectivity index (χ4n) is 2.86. The van der Waals surface area contributed by atoms with Crippen LogP contribution in [-0.2, 0) is 17.8 Å². The minimum atomic E-state index is -0.429. The van der Waals surface area contributed by atoms with E-state index in [1.807, 2.05) is 54.6 Å². The van der Waals surface area contributed by atoms with E-state index < -0.39 is 5.82 Å². The summed E-state index contributed by atoms with van der Waals surface area (Å²) >= 11 is 6.04. The van der Waals surface area contributed by atoms with Crippen LogP contribution < -0.4 is 4.74 Å². The molecule has 0 fully saturated rings. The van der Waals surface area contributed by atoms with Gasteiger partial charge in [-0.05, 0) is 29.3 Å². The summed E-state index contributed by atoms with van der Waals surface area (Å²) in [5.41, 5.74) is 2.46. The van der Waals surface area contributed by atoms with Crippen LogP contribution in [0.2, 0.25) is 5.02 Å². The summed E-state index contributed by atoms with van der Waals surface area (Å²) in [6, 6.07) is 22.2. The fraction of sp³-hybridized carbons (Fsp3) is 0.174. The number of halogens is 2. The average Bonchev–Trinajstić information content (AvgIpc) is 2.70. The Morgan fingerprint density at radius 1 is 1.00 bits per heavy atom. The molecule has 3 rings (SSSR count). The van der Waals surface area contributed by atoms with Crippen LogP contribution in [0.15, 0.2) is 72.8 Å². The van der Waals surface area contributed by atoms with Crippen molar-refractivity contribution in [2.45, 2.75) is 13.0 Å². The molecule has 0 aliphatic rings. The zero-order chi connectivity index (χ0) is 19.9. The molecule has 0 unspecified atom stereocenters. The summed E-state index contributed by atoms with van der Waals surface area (Å²) < 4.78 is 19.7. The van der Waals surface area contributed by atoms with Crippen molar-refractivity contribution < 1.29 is 13.9 Å². The molecule has 0 aliphatic carbocycles. The van der Waals surface area contributed by atoms with E-state index in [-0.39, 0.29) is 19.1 Å². The first-order chi connectivity index (χ1) is 13.5. The molecule has 3 aromatic carbocycles. The van der Waals surface area contributed by atoms with Gasteiger partial charge in [0.05, 0.1) is 0 Å². The number of para-hydroxylation sites is 1. The Morgan fingerprint density at radius 3 is 2.46 bits per heavy atom. The van der Waals surface area contributed by atoms with Gasteiger partial charge in [-0.2, -0.15) is 0 Å². The van der Waals surface area contributed by atoms with E-state index in [1.165, 1.54) is 17.0 Å². The van der Waals surface area contributed by atoms with Gasteiger partial charge in [0.15, 0.2) is 6.61 Å². The minimum absolute atomic E-state index is 0.0827. The summed E-state index contributed by atoms with van der Waals surface area (Å²) in [5.74, 6) is -0.0212. The lowest BCUT2D eigenvalue weighted by atomic mass is 10.0. The number of carbonyl (C=O) groups is 1. The first kappa shape index (κ1) is 19.9. The third-order valence-corrected chi connectivity index (χ3v) is 4.80. The molecule has 0 spiro atoms. The second kappa shape index (κ2) is 9.38. The molecular formula is C23H21ClFNO2. The summed E-state index contributed by atoms with van der Waals surface area (Å²) in [6.07, 6.45) is 0.714. The molecule has 3 aromatic rings. The van der Waals surface area contributed by atoms with Gasteiger partial charge in [0.1, 0.15) is 11.6 Å². The molecule has 0 heterocycles. The van der Waals surface area contributed by atoms with Crippen molar-refractivity contribution in [1.29, 1.82) is 0 Å². The number of nitrogens with zero attached hydrogens (tertiary/aromatic N) is 1. The van der Waals surface area contributed by atoms with Gasteiger partial charge < -0.3 is 9.64 Å². The van der Waals surface area contributed by atoms with Crippen molar-refractivity contribution in [2.24, 2.45) is 0 Å². The standard InChI is InChI=1S/C23H21ClFNO2/c1-26(15-19-20(24)11-7-12-21(19)25)23(27)16-28-22-13-6-5-10-18(22)14-17-8-3-2-4-9-17/h2-13H,14-16H2,1H3. The molecule has 0 aliphatic heterocycles. The number of hydrogen-bond acceptors (Lipinski definition) is 2. The Balaban J connectivity index is 1.63. The molecule has 0 bridgehead atoms. The lowest BCUT2D eigenvalue weighted by Crippen LogP contribution is -2.31. The van der Waals surface area contributed by atoms with E-state index in [2.05, 4.69) is 0 Å². The highest BCUT2D eigenvalue weighted by Gasteiger charge is 2.15. The zero-order valence-corrected chi connectivity index (χ0v) is 16.3. The van der Waals surface area contributed by atoms with E-state index in [1.54, 1.807) is 13.1 Å². The number of benzene rings is 3. The van der Waals surface area contributed by atoms with E-state index in [4.69, 9.17) is 16.3 Å².